The molecule has 0 saturated carbocycles. The van der Waals surface area contributed by atoms with Crippen molar-refractivity contribution in [3.8, 4) is 5.69 Å². The van der Waals surface area contributed by atoms with Crippen LogP contribution < -0.4 is 5.32 Å². The van der Waals surface area contributed by atoms with Crippen molar-refractivity contribution >= 4 is 23.0 Å². The minimum absolute atomic E-state index is 0.0238. The van der Waals surface area contributed by atoms with E-state index in [-0.39, 0.29) is 24.4 Å². The highest BCUT2D eigenvalue weighted by Crippen LogP contribution is 2.39. The van der Waals surface area contributed by atoms with Crippen molar-refractivity contribution in [3.05, 3.63) is 88.5 Å². The predicted octanol–water partition coefficient (Wildman–Crippen LogP) is 2.75. The van der Waals surface area contributed by atoms with Gasteiger partial charge in [0.1, 0.15) is 0 Å². The molecule has 1 aliphatic heterocycles. The molecule has 1 fully saturated rings. The van der Waals surface area contributed by atoms with Crippen molar-refractivity contribution < 1.29 is 10.0 Å². The lowest BCUT2D eigenvalue weighted by Gasteiger charge is -2.28. The molecule has 0 bridgehead atoms. The first-order chi connectivity index (χ1) is 14.1. The van der Waals surface area contributed by atoms with E-state index in [9.17, 15) is 15.2 Å². The monoisotopic (exact) mass is 409 g/mol. The van der Waals surface area contributed by atoms with Gasteiger partial charge in [-0.3, -0.25) is 15.1 Å². The second-order valence-electron chi connectivity index (χ2n) is 6.62. The van der Waals surface area contributed by atoms with Crippen molar-refractivity contribution in [2.45, 2.75) is 12.1 Å². The number of thiocarbonyl (C=S) groups is 1. The van der Waals surface area contributed by atoms with Crippen LogP contribution in [0.2, 0.25) is 0 Å². The number of nitro benzene ring substituents is 1. The van der Waals surface area contributed by atoms with E-state index < -0.39 is 4.92 Å². The summed E-state index contributed by atoms with van der Waals surface area (Å²) in [5.74, 6) is 0. The van der Waals surface area contributed by atoms with E-state index in [2.05, 4.69) is 10.3 Å². The Balaban J connectivity index is 1.81. The zero-order valence-corrected chi connectivity index (χ0v) is 16.2. The standard InChI is InChI=1S/C20H19N5O3S/c26-12-11-24-19(18(22-20(24)29)16-7-1-2-9-21-16)17-8-4-10-23(17)14-5-3-6-15(13-14)25(27)28/h1-10,13,18-19,26H,11-12H2,(H,22,29)/t18-,19-/m1/s1. The molecule has 4 rings (SSSR count). The molecule has 2 atom stereocenters. The Morgan fingerprint density at radius 3 is 2.79 bits per heavy atom. The van der Waals surface area contributed by atoms with Crippen LogP contribution in [0, 0.1) is 10.1 Å². The molecule has 0 amide bonds. The summed E-state index contributed by atoms with van der Waals surface area (Å²) < 4.78 is 1.91. The minimum atomic E-state index is -0.409. The Bertz CT molecular complexity index is 1040. The zero-order valence-electron chi connectivity index (χ0n) is 15.4. The Labute approximate surface area is 172 Å². The molecule has 0 aliphatic carbocycles. The molecular formula is C20H19N5O3S. The maximum Gasteiger partial charge on any atom is 0.271 e. The number of aliphatic hydroxyl groups excluding tert-OH is 1. The van der Waals surface area contributed by atoms with Crippen LogP contribution in [-0.2, 0) is 0 Å². The molecule has 2 aromatic heterocycles. The summed E-state index contributed by atoms with van der Waals surface area (Å²) in [6.45, 7) is 0.310. The number of benzene rings is 1. The maximum atomic E-state index is 11.2. The summed E-state index contributed by atoms with van der Waals surface area (Å²) in [6.07, 6.45) is 3.59. The zero-order chi connectivity index (χ0) is 20.4. The smallest absolute Gasteiger partial charge is 0.271 e. The topological polar surface area (TPSA) is 96.5 Å². The van der Waals surface area contributed by atoms with Gasteiger partial charge in [-0.2, -0.15) is 0 Å². The van der Waals surface area contributed by atoms with Gasteiger partial charge in [0, 0.05) is 36.8 Å². The molecule has 3 heterocycles. The van der Waals surface area contributed by atoms with Gasteiger partial charge in [-0.05, 0) is 42.5 Å². The summed E-state index contributed by atoms with van der Waals surface area (Å²) >= 11 is 5.53. The summed E-state index contributed by atoms with van der Waals surface area (Å²) in [5.41, 5.74) is 2.42. The van der Waals surface area contributed by atoms with Crippen molar-refractivity contribution in [2.75, 3.05) is 13.2 Å². The van der Waals surface area contributed by atoms with Gasteiger partial charge in [0.05, 0.1) is 35.0 Å². The normalized spacial score (nSPS) is 18.7. The third-order valence-corrected chi connectivity index (χ3v) is 5.29. The molecule has 148 valence electrons. The number of non-ortho nitro benzene ring substituents is 1. The molecule has 29 heavy (non-hydrogen) atoms. The van der Waals surface area contributed by atoms with Gasteiger partial charge >= 0.3 is 0 Å². The summed E-state index contributed by atoms with van der Waals surface area (Å²) in [7, 11) is 0. The van der Waals surface area contributed by atoms with Crippen LogP contribution in [0.5, 0.6) is 0 Å². The highest BCUT2D eigenvalue weighted by Gasteiger charge is 2.40. The van der Waals surface area contributed by atoms with Gasteiger partial charge in [0.25, 0.3) is 5.69 Å². The number of pyridine rings is 1. The number of hydrogen-bond donors (Lipinski definition) is 2. The molecule has 0 radical (unpaired) electrons. The molecule has 0 spiro atoms. The fraction of sp³-hybridized carbons (Fsp3) is 0.200. The number of aliphatic hydroxyl groups is 1. The lowest BCUT2D eigenvalue weighted by molar-refractivity contribution is -0.384. The first-order valence-electron chi connectivity index (χ1n) is 9.11. The van der Waals surface area contributed by atoms with E-state index in [1.807, 2.05) is 52.1 Å². The summed E-state index contributed by atoms with van der Waals surface area (Å²) in [6, 6.07) is 15.6. The minimum Gasteiger partial charge on any atom is -0.395 e. The van der Waals surface area contributed by atoms with E-state index in [0.717, 1.165) is 11.4 Å². The quantitative estimate of drug-likeness (QED) is 0.367. The van der Waals surface area contributed by atoms with E-state index in [0.29, 0.717) is 17.3 Å². The molecule has 9 heteroatoms. The number of aromatic nitrogens is 2. The first-order valence-corrected chi connectivity index (χ1v) is 9.52. The number of nitrogens with zero attached hydrogens (tertiary/aromatic N) is 4. The highest BCUT2D eigenvalue weighted by atomic mass is 32.1. The van der Waals surface area contributed by atoms with Crippen LogP contribution in [0.4, 0.5) is 5.69 Å². The first kappa shape index (κ1) is 19.0. The molecule has 0 unspecified atom stereocenters. The average Bonchev–Trinajstić information content (AvgIpc) is 3.34. The largest absolute Gasteiger partial charge is 0.395 e. The molecule has 1 aliphatic rings. The van der Waals surface area contributed by atoms with Crippen LogP contribution in [0.1, 0.15) is 23.5 Å². The number of β-amino-alcohol motifs (C(OH)–C–C–N with tert-alkyl or cyclic N) is 1. The Kier molecular flexibility index (Phi) is 5.24. The fourth-order valence-corrected chi connectivity index (χ4v) is 4.03. The van der Waals surface area contributed by atoms with Gasteiger partial charge in [-0.15, -0.1) is 0 Å². The van der Waals surface area contributed by atoms with Crippen LogP contribution in [0.3, 0.4) is 0 Å². The predicted molar refractivity (Wildman–Crippen MR) is 112 cm³/mol. The van der Waals surface area contributed by atoms with Crippen LogP contribution in [-0.4, -0.2) is 42.7 Å². The van der Waals surface area contributed by atoms with Gasteiger partial charge in [-0.25, -0.2) is 0 Å². The number of nitrogens with one attached hydrogen (secondary N) is 1. The molecule has 1 aromatic carbocycles. The second kappa shape index (κ2) is 7.98. The van der Waals surface area contributed by atoms with Crippen molar-refractivity contribution in [3.63, 3.8) is 0 Å². The van der Waals surface area contributed by atoms with E-state index in [1.54, 1.807) is 12.3 Å². The summed E-state index contributed by atoms with van der Waals surface area (Å²) in [5, 5.41) is 24.6. The third-order valence-electron chi connectivity index (χ3n) is 4.94. The molecule has 3 aromatic rings. The van der Waals surface area contributed by atoms with Gasteiger partial charge in [0.2, 0.25) is 0 Å². The average molecular weight is 409 g/mol. The van der Waals surface area contributed by atoms with Gasteiger partial charge in [0.15, 0.2) is 5.11 Å². The van der Waals surface area contributed by atoms with Crippen LogP contribution in [0.15, 0.2) is 67.0 Å². The van der Waals surface area contributed by atoms with Crippen molar-refractivity contribution in [1.82, 2.24) is 19.8 Å². The van der Waals surface area contributed by atoms with E-state index >= 15 is 0 Å². The number of hydrogen-bond acceptors (Lipinski definition) is 5. The van der Waals surface area contributed by atoms with E-state index in [1.165, 1.54) is 12.1 Å². The fourth-order valence-electron chi connectivity index (χ4n) is 3.70. The molecule has 2 N–H and O–H groups in total. The molecule has 1 saturated heterocycles. The van der Waals surface area contributed by atoms with Gasteiger partial charge < -0.3 is 19.9 Å². The number of rotatable bonds is 6. The lowest BCUT2D eigenvalue weighted by atomic mass is 10.0. The Hall–Kier alpha value is -3.30. The maximum absolute atomic E-state index is 11.2. The number of nitro groups is 1. The van der Waals surface area contributed by atoms with Crippen LogP contribution in [0.25, 0.3) is 5.69 Å². The van der Waals surface area contributed by atoms with Crippen molar-refractivity contribution in [1.29, 1.82) is 0 Å². The molecule has 8 nitrogen and oxygen atoms in total. The SMILES string of the molecule is O=[N+]([O-])c1cccc(-n2cccc2[C@@H]2[C@@H](c3ccccn3)NC(=S)N2CCO)c1. The second-order valence-corrected chi connectivity index (χ2v) is 7.01. The summed E-state index contributed by atoms with van der Waals surface area (Å²) in [4.78, 5) is 17.2. The molecular weight excluding hydrogens is 390 g/mol. The Morgan fingerprint density at radius 2 is 2.07 bits per heavy atom. The van der Waals surface area contributed by atoms with Crippen molar-refractivity contribution in [2.24, 2.45) is 0 Å². The highest BCUT2D eigenvalue weighted by molar-refractivity contribution is 7.80. The lowest BCUT2D eigenvalue weighted by Crippen LogP contribution is -2.32. The van der Waals surface area contributed by atoms with Gasteiger partial charge in [-0.1, -0.05) is 12.1 Å². The Morgan fingerprint density at radius 1 is 1.21 bits per heavy atom. The third kappa shape index (κ3) is 3.57. The van der Waals surface area contributed by atoms with Crippen LogP contribution >= 0.6 is 12.2 Å². The van der Waals surface area contributed by atoms with E-state index in [4.69, 9.17) is 12.2 Å².